The lowest BCUT2D eigenvalue weighted by Crippen LogP contribution is -2.35. The van der Waals surface area contributed by atoms with Crippen LogP contribution in [0.1, 0.15) is 48.0 Å². The molecular weight excluding hydrogens is 564 g/mol. The molecule has 0 N–H and O–H groups in total. The molecule has 6 rings (SSSR count). The average molecular weight is 594 g/mol. The van der Waals surface area contributed by atoms with Crippen LogP contribution in [0.15, 0.2) is 63.4 Å². The van der Waals surface area contributed by atoms with Crippen molar-refractivity contribution in [2.24, 2.45) is 0 Å². The number of benzene rings is 3. The molecule has 0 amide bonds. The van der Waals surface area contributed by atoms with E-state index < -0.39 is 21.7 Å². The minimum absolute atomic E-state index is 0.146. The molecule has 5 aromatic rings. The zero-order valence-corrected chi connectivity index (χ0v) is 24.2. The van der Waals surface area contributed by atoms with Gasteiger partial charge in [0.05, 0.1) is 17.5 Å². The Morgan fingerprint density at radius 1 is 1.05 bits per heavy atom. The lowest BCUT2D eigenvalue weighted by Gasteiger charge is -2.34. The van der Waals surface area contributed by atoms with Gasteiger partial charge < -0.3 is 13.7 Å². The molecule has 0 radical (unpaired) electrons. The van der Waals surface area contributed by atoms with E-state index in [2.05, 4.69) is 4.98 Å². The minimum Gasteiger partial charge on any atom is -0.455 e. The molecule has 1 atom stereocenters. The predicted molar refractivity (Wildman–Crippen MR) is 158 cm³/mol. The second-order valence-electron chi connectivity index (χ2n) is 10.6. The summed E-state index contributed by atoms with van der Waals surface area (Å²) in [5.74, 6) is -0.803. The number of rotatable bonds is 7. The third kappa shape index (κ3) is 5.02. The largest absolute Gasteiger partial charge is 0.455 e. The number of hydrogen-bond donors (Lipinski definition) is 0. The van der Waals surface area contributed by atoms with E-state index >= 15 is 0 Å². The Bertz CT molecular complexity index is 1930. The van der Waals surface area contributed by atoms with E-state index in [0.717, 1.165) is 24.7 Å². The Balaban J connectivity index is 1.49. The standard InChI is InChI=1S/C31H29F2N3O5S/c1-4-26(37)29-23-15-22(19-6-5-13-36(17-19)31-34-24-14-21(33)11-12-27(24)41-31)25(35(2)42(3,38)39)16-28(23)40-30(29)18-7-9-20(32)10-8-18/h7-12,14-16,19H,4-6,13,17H2,1-3H3/t19-/m1/s1. The molecule has 3 heterocycles. The molecule has 1 saturated heterocycles. The fourth-order valence-corrected chi connectivity index (χ4v) is 6.13. The van der Waals surface area contributed by atoms with Crippen LogP contribution in [0, 0.1) is 11.6 Å². The summed E-state index contributed by atoms with van der Waals surface area (Å²) in [7, 11) is -2.17. The molecule has 0 aliphatic carbocycles. The van der Waals surface area contributed by atoms with Crippen molar-refractivity contribution in [3.63, 3.8) is 0 Å². The van der Waals surface area contributed by atoms with Gasteiger partial charge in [-0.15, -0.1) is 0 Å². The summed E-state index contributed by atoms with van der Waals surface area (Å²) in [6.45, 7) is 2.88. The van der Waals surface area contributed by atoms with Crippen LogP contribution in [-0.4, -0.2) is 45.6 Å². The van der Waals surface area contributed by atoms with Crippen LogP contribution in [0.4, 0.5) is 20.5 Å². The summed E-state index contributed by atoms with van der Waals surface area (Å²) < 4.78 is 66.3. The predicted octanol–water partition coefficient (Wildman–Crippen LogP) is 6.89. The number of furan rings is 1. The van der Waals surface area contributed by atoms with Crippen LogP contribution in [-0.2, 0) is 10.0 Å². The highest BCUT2D eigenvalue weighted by molar-refractivity contribution is 7.92. The summed E-state index contributed by atoms with van der Waals surface area (Å²) in [5, 5.41) is 0.566. The molecule has 3 aromatic carbocycles. The Morgan fingerprint density at radius 3 is 2.50 bits per heavy atom. The lowest BCUT2D eigenvalue weighted by molar-refractivity contribution is 0.0989. The smallest absolute Gasteiger partial charge is 0.298 e. The van der Waals surface area contributed by atoms with Crippen molar-refractivity contribution in [2.45, 2.75) is 32.1 Å². The summed E-state index contributed by atoms with van der Waals surface area (Å²) in [4.78, 5) is 19.7. The van der Waals surface area contributed by atoms with Crippen molar-refractivity contribution in [1.82, 2.24) is 4.98 Å². The van der Waals surface area contributed by atoms with Crippen molar-refractivity contribution in [1.29, 1.82) is 0 Å². The van der Waals surface area contributed by atoms with Gasteiger partial charge in [-0.2, -0.15) is 4.98 Å². The second kappa shape index (κ2) is 10.5. The number of aromatic nitrogens is 1. The van der Waals surface area contributed by atoms with Crippen molar-refractivity contribution in [3.05, 3.63) is 77.4 Å². The monoisotopic (exact) mass is 593 g/mol. The minimum atomic E-state index is -3.65. The van der Waals surface area contributed by atoms with Gasteiger partial charge in [0.2, 0.25) is 10.0 Å². The number of anilines is 2. The fraction of sp³-hybridized carbons (Fsp3) is 0.290. The maximum absolute atomic E-state index is 13.8. The number of fused-ring (bicyclic) bond motifs is 2. The molecule has 8 nitrogen and oxygen atoms in total. The first-order valence-corrected chi connectivity index (χ1v) is 15.5. The highest BCUT2D eigenvalue weighted by Gasteiger charge is 2.31. The highest BCUT2D eigenvalue weighted by Crippen LogP contribution is 2.42. The number of hydrogen-bond acceptors (Lipinski definition) is 7. The van der Waals surface area contributed by atoms with Crippen molar-refractivity contribution >= 4 is 49.6 Å². The average Bonchev–Trinajstić information content (AvgIpc) is 3.56. The van der Waals surface area contributed by atoms with E-state index in [9.17, 15) is 22.0 Å². The molecule has 218 valence electrons. The molecule has 0 spiro atoms. The lowest BCUT2D eigenvalue weighted by atomic mass is 9.88. The van der Waals surface area contributed by atoms with Crippen LogP contribution < -0.4 is 9.21 Å². The van der Waals surface area contributed by atoms with E-state index in [-0.39, 0.29) is 18.1 Å². The fourth-order valence-electron chi connectivity index (χ4n) is 5.61. The first-order chi connectivity index (χ1) is 20.0. The molecule has 1 aliphatic heterocycles. The Morgan fingerprint density at radius 2 is 1.79 bits per heavy atom. The van der Waals surface area contributed by atoms with Crippen LogP contribution in [0.3, 0.4) is 0 Å². The van der Waals surface area contributed by atoms with Gasteiger partial charge in [-0.3, -0.25) is 9.10 Å². The second-order valence-corrected chi connectivity index (χ2v) is 12.6. The molecular formula is C31H29F2N3O5S. The number of piperidine rings is 1. The highest BCUT2D eigenvalue weighted by atomic mass is 32.2. The molecule has 42 heavy (non-hydrogen) atoms. The number of carbonyl (C=O) groups excluding carboxylic acids is 1. The molecule has 1 fully saturated rings. The van der Waals surface area contributed by atoms with E-state index in [1.165, 1.54) is 35.6 Å². The molecule has 1 aliphatic rings. The first kappa shape index (κ1) is 27.9. The van der Waals surface area contributed by atoms with E-state index in [1.807, 2.05) is 11.0 Å². The summed E-state index contributed by atoms with van der Waals surface area (Å²) in [6, 6.07) is 13.8. The molecule has 2 aromatic heterocycles. The number of oxazole rings is 1. The molecule has 0 saturated carbocycles. The zero-order valence-electron chi connectivity index (χ0n) is 23.4. The van der Waals surface area contributed by atoms with Crippen LogP contribution >= 0.6 is 0 Å². The van der Waals surface area contributed by atoms with Crippen molar-refractivity contribution < 1.29 is 30.8 Å². The van der Waals surface area contributed by atoms with Gasteiger partial charge >= 0.3 is 0 Å². The maximum Gasteiger partial charge on any atom is 0.298 e. The van der Waals surface area contributed by atoms with Crippen LogP contribution in [0.5, 0.6) is 0 Å². The van der Waals surface area contributed by atoms with Gasteiger partial charge in [0.1, 0.15) is 28.5 Å². The number of Topliss-reactive ketones (excluding diaryl/α,β-unsaturated/α-hetero) is 1. The molecule has 0 unspecified atom stereocenters. The van der Waals surface area contributed by atoms with E-state index in [0.29, 0.717) is 63.7 Å². The topological polar surface area (TPSA) is 96.9 Å². The Hall–Kier alpha value is -4.25. The molecule has 0 bridgehead atoms. The van der Waals surface area contributed by atoms with Crippen molar-refractivity contribution in [2.75, 3.05) is 35.6 Å². The van der Waals surface area contributed by atoms with Crippen molar-refractivity contribution in [3.8, 4) is 11.3 Å². The van der Waals surface area contributed by atoms with Gasteiger partial charge in [0.25, 0.3) is 6.01 Å². The Labute approximate surface area is 241 Å². The number of ketones is 1. The molecule has 11 heteroatoms. The number of halogens is 2. The number of carbonyl (C=O) groups is 1. The maximum atomic E-state index is 13.8. The summed E-state index contributed by atoms with van der Waals surface area (Å²) in [5.41, 5.74) is 3.34. The quantitative estimate of drug-likeness (QED) is 0.190. The van der Waals surface area contributed by atoms with Gasteiger partial charge in [0, 0.05) is 55.6 Å². The van der Waals surface area contributed by atoms with Gasteiger partial charge in [-0.05, 0) is 60.9 Å². The third-order valence-corrected chi connectivity index (χ3v) is 9.04. The van der Waals surface area contributed by atoms with Gasteiger partial charge in [-0.25, -0.2) is 17.2 Å². The van der Waals surface area contributed by atoms with E-state index in [4.69, 9.17) is 8.83 Å². The number of sulfonamides is 1. The van der Waals surface area contributed by atoms with E-state index in [1.54, 1.807) is 31.2 Å². The normalized spacial score (nSPS) is 15.9. The van der Waals surface area contributed by atoms with Crippen LogP contribution in [0.25, 0.3) is 33.4 Å². The number of nitrogens with zero attached hydrogens (tertiary/aromatic N) is 3. The first-order valence-electron chi connectivity index (χ1n) is 13.7. The Kier molecular flexibility index (Phi) is 7.00. The SMILES string of the molecule is CCC(=O)c1c(-c2ccc(F)cc2)oc2cc(N(C)S(C)(=O)=O)c([C@@H]3CCCN(c4nc5cc(F)ccc5o4)C3)cc12. The summed E-state index contributed by atoms with van der Waals surface area (Å²) >= 11 is 0. The summed E-state index contributed by atoms with van der Waals surface area (Å²) in [6.07, 6.45) is 2.87. The van der Waals surface area contributed by atoms with Gasteiger partial charge in [-0.1, -0.05) is 6.92 Å². The van der Waals surface area contributed by atoms with Gasteiger partial charge in [0.15, 0.2) is 11.4 Å². The zero-order chi connectivity index (χ0) is 29.8. The van der Waals surface area contributed by atoms with Crippen LogP contribution in [0.2, 0.25) is 0 Å². The third-order valence-electron chi connectivity index (χ3n) is 7.85.